The topological polar surface area (TPSA) is 54.3 Å². The van der Waals surface area contributed by atoms with E-state index in [0.717, 1.165) is 0 Å². The molecule has 1 aliphatic rings. The van der Waals surface area contributed by atoms with E-state index in [9.17, 15) is 5.11 Å². The molecule has 1 aliphatic heterocycles. The highest BCUT2D eigenvalue weighted by Crippen LogP contribution is 2.11. The second kappa shape index (κ2) is 4.55. The molecule has 3 unspecified atom stereocenters. The quantitative estimate of drug-likeness (QED) is 0.475. The van der Waals surface area contributed by atoms with Crippen molar-refractivity contribution in [2.24, 2.45) is 5.10 Å². The molecule has 0 spiro atoms. The molecule has 0 aromatic carbocycles. The van der Waals surface area contributed by atoms with Gasteiger partial charge in [-0.05, 0) is 6.92 Å². The Hall–Kier alpha value is -0.650. The van der Waals surface area contributed by atoms with Gasteiger partial charge in [0.05, 0.1) is 12.8 Å². The maximum absolute atomic E-state index is 9.44. The van der Waals surface area contributed by atoms with Gasteiger partial charge in [0.15, 0.2) is 6.29 Å². The Kier molecular flexibility index (Phi) is 3.65. The van der Waals surface area contributed by atoms with Crippen LogP contribution in [0.4, 0.5) is 0 Å². The highest BCUT2D eigenvalue weighted by Gasteiger charge is 2.26. The molecular weight excluding hydrogens is 172 g/mol. The Bertz CT molecular complexity index is 184. The predicted molar refractivity (Wildman–Crippen MR) is 48.5 cm³/mol. The van der Waals surface area contributed by atoms with Gasteiger partial charge in [0.1, 0.15) is 12.2 Å². The Balaban J connectivity index is 2.46. The minimum absolute atomic E-state index is 0.276. The fraction of sp³-hybridized carbons (Fsp3) is 0.875. The Morgan fingerprint density at radius 3 is 2.85 bits per heavy atom. The van der Waals surface area contributed by atoms with Crippen LogP contribution in [0.1, 0.15) is 6.92 Å². The van der Waals surface area contributed by atoms with Gasteiger partial charge in [-0.1, -0.05) is 0 Å². The summed E-state index contributed by atoms with van der Waals surface area (Å²) in [6, 6.07) is 0. The van der Waals surface area contributed by atoms with Crippen LogP contribution in [-0.2, 0) is 9.47 Å². The number of nitrogens with zero attached hydrogens (tertiary/aromatic N) is 2. The lowest BCUT2D eigenvalue weighted by molar-refractivity contribution is -0.224. The lowest BCUT2D eigenvalue weighted by Gasteiger charge is -2.29. The third-order valence-corrected chi connectivity index (χ3v) is 1.67. The van der Waals surface area contributed by atoms with Crippen LogP contribution in [-0.4, -0.2) is 55.5 Å². The van der Waals surface area contributed by atoms with Crippen LogP contribution < -0.4 is 0 Å². The monoisotopic (exact) mass is 188 g/mol. The summed E-state index contributed by atoms with van der Waals surface area (Å²) in [5.74, 6) is 0. The molecule has 13 heavy (non-hydrogen) atoms. The summed E-state index contributed by atoms with van der Waals surface area (Å²) >= 11 is 0. The summed E-state index contributed by atoms with van der Waals surface area (Å²) in [6.45, 7) is 2.09. The maximum Gasteiger partial charge on any atom is 0.155 e. The van der Waals surface area contributed by atoms with E-state index in [0.29, 0.717) is 6.61 Å². The molecule has 0 bridgehead atoms. The molecule has 0 aromatic rings. The van der Waals surface area contributed by atoms with Crippen molar-refractivity contribution < 1.29 is 14.6 Å². The van der Waals surface area contributed by atoms with E-state index >= 15 is 0 Å². The fourth-order valence-electron chi connectivity index (χ4n) is 1.01. The van der Waals surface area contributed by atoms with Crippen LogP contribution in [0.3, 0.4) is 0 Å². The number of hydrazone groups is 1. The molecule has 0 saturated carbocycles. The van der Waals surface area contributed by atoms with E-state index in [4.69, 9.17) is 9.47 Å². The smallest absolute Gasteiger partial charge is 0.155 e. The second-order valence-corrected chi connectivity index (χ2v) is 3.18. The first-order valence-corrected chi connectivity index (χ1v) is 4.26. The van der Waals surface area contributed by atoms with Crippen LogP contribution in [0.15, 0.2) is 5.10 Å². The van der Waals surface area contributed by atoms with Crippen LogP contribution >= 0.6 is 0 Å². The zero-order valence-corrected chi connectivity index (χ0v) is 8.17. The Morgan fingerprint density at radius 1 is 1.54 bits per heavy atom. The molecular formula is C8H16N2O3. The highest BCUT2D eigenvalue weighted by atomic mass is 16.7. The van der Waals surface area contributed by atoms with Gasteiger partial charge in [0.2, 0.25) is 0 Å². The second-order valence-electron chi connectivity index (χ2n) is 3.18. The average Bonchev–Trinajstić information content (AvgIpc) is 2.06. The molecule has 0 aromatic heterocycles. The van der Waals surface area contributed by atoms with Crippen molar-refractivity contribution >= 4 is 6.21 Å². The van der Waals surface area contributed by atoms with Gasteiger partial charge in [-0.3, -0.25) is 0 Å². The molecule has 1 N–H and O–H groups in total. The van der Waals surface area contributed by atoms with E-state index in [2.05, 4.69) is 5.10 Å². The summed E-state index contributed by atoms with van der Waals surface area (Å²) in [4.78, 5) is 0. The third-order valence-electron chi connectivity index (χ3n) is 1.67. The number of hydrogen-bond acceptors (Lipinski definition) is 5. The van der Waals surface area contributed by atoms with Crippen LogP contribution in [0.25, 0.3) is 0 Å². The molecule has 5 heteroatoms. The molecule has 1 rings (SSSR count). The minimum atomic E-state index is -0.625. The number of ether oxygens (including phenoxy) is 2. The molecule has 0 radical (unpaired) electrons. The molecule has 1 saturated heterocycles. The summed E-state index contributed by atoms with van der Waals surface area (Å²) in [7, 11) is 3.62. The van der Waals surface area contributed by atoms with Crippen molar-refractivity contribution in [2.45, 2.75) is 25.4 Å². The van der Waals surface area contributed by atoms with Crippen molar-refractivity contribution in [3.05, 3.63) is 0 Å². The van der Waals surface area contributed by atoms with Gasteiger partial charge in [-0.2, -0.15) is 5.10 Å². The zero-order valence-electron chi connectivity index (χ0n) is 8.17. The van der Waals surface area contributed by atoms with Gasteiger partial charge in [0.25, 0.3) is 0 Å². The van der Waals surface area contributed by atoms with Gasteiger partial charge in [0, 0.05) is 14.1 Å². The lowest BCUT2D eigenvalue weighted by atomic mass is 10.2. The van der Waals surface area contributed by atoms with Crippen LogP contribution in [0.2, 0.25) is 0 Å². The molecule has 1 fully saturated rings. The maximum atomic E-state index is 9.44. The normalized spacial score (nSPS) is 35.2. The van der Waals surface area contributed by atoms with Gasteiger partial charge < -0.3 is 19.6 Å². The van der Waals surface area contributed by atoms with Crippen molar-refractivity contribution in [3.63, 3.8) is 0 Å². The lowest BCUT2D eigenvalue weighted by Crippen LogP contribution is -2.43. The molecule has 76 valence electrons. The number of aliphatic hydroxyl groups is 1. The molecule has 3 atom stereocenters. The van der Waals surface area contributed by atoms with Crippen molar-refractivity contribution in [2.75, 3.05) is 20.7 Å². The molecule has 0 aliphatic carbocycles. The summed E-state index contributed by atoms with van der Waals surface area (Å²) in [6.07, 6.45) is 0.317. The molecule has 0 amide bonds. The van der Waals surface area contributed by atoms with Crippen molar-refractivity contribution in [1.82, 2.24) is 5.01 Å². The Morgan fingerprint density at radius 2 is 2.23 bits per heavy atom. The number of hydrogen-bond donors (Lipinski definition) is 1. The van der Waals surface area contributed by atoms with Crippen LogP contribution in [0, 0.1) is 0 Å². The number of rotatable bonds is 2. The van der Waals surface area contributed by atoms with Crippen molar-refractivity contribution in [3.8, 4) is 0 Å². The SMILES string of the molecule is CC1OCC(O)C(/C=N/N(C)C)O1. The third kappa shape index (κ3) is 3.30. The van der Waals surface area contributed by atoms with E-state index in [1.807, 2.05) is 14.1 Å². The van der Waals surface area contributed by atoms with E-state index < -0.39 is 6.10 Å². The average molecular weight is 188 g/mol. The Labute approximate surface area is 77.9 Å². The largest absolute Gasteiger partial charge is 0.388 e. The molecule has 5 nitrogen and oxygen atoms in total. The van der Waals surface area contributed by atoms with Crippen LogP contribution in [0.5, 0.6) is 0 Å². The van der Waals surface area contributed by atoms with E-state index in [-0.39, 0.29) is 12.4 Å². The fourth-order valence-corrected chi connectivity index (χ4v) is 1.01. The van der Waals surface area contributed by atoms with Gasteiger partial charge >= 0.3 is 0 Å². The summed E-state index contributed by atoms with van der Waals surface area (Å²) < 4.78 is 10.4. The van der Waals surface area contributed by atoms with Gasteiger partial charge in [-0.25, -0.2) is 0 Å². The first kappa shape index (κ1) is 10.4. The van der Waals surface area contributed by atoms with Crippen molar-refractivity contribution in [1.29, 1.82) is 0 Å². The zero-order chi connectivity index (χ0) is 9.84. The minimum Gasteiger partial charge on any atom is -0.388 e. The van der Waals surface area contributed by atoms with E-state index in [1.165, 1.54) is 0 Å². The molecule has 1 heterocycles. The number of aliphatic hydroxyl groups excluding tert-OH is 1. The summed E-state index contributed by atoms with van der Waals surface area (Å²) in [5, 5.41) is 15.1. The highest BCUT2D eigenvalue weighted by molar-refractivity contribution is 5.63. The first-order valence-electron chi connectivity index (χ1n) is 4.26. The first-order chi connectivity index (χ1) is 6.09. The summed E-state index contributed by atoms with van der Waals surface area (Å²) in [5.41, 5.74) is 0. The standard InChI is InChI=1S/C8H16N2O3/c1-6-12-5-7(11)8(13-6)4-9-10(2)3/h4,6-8,11H,5H2,1-3H3/b9-4+. The predicted octanol–water partition coefficient (Wildman–Crippen LogP) is -0.344. The van der Waals surface area contributed by atoms with Gasteiger partial charge in [-0.15, -0.1) is 0 Å². The van der Waals surface area contributed by atoms with E-state index in [1.54, 1.807) is 18.1 Å².